The van der Waals surface area contributed by atoms with E-state index in [4.69, 9.17) is 10.5 Å². The van der Waals surface area contributed by atoms with Crippen molar-refractivity contribution >= 4 is 11.9 Å². The van der Waals surface area contributed by atoms with Gasteiger partial charge in [-0.25, -0.2) is 0 Å². The number of nitrogens with one attached hydrogen (secondary N) is 1. The first kappa shape index (κ1) is 20.2. The van der Waals surface area contributed by atoms with Crippen LogP contribution in [0.2, 0.25) is 0 Å². The molecule has 0 aliphatic carbocycles. The highest BCUT2D eigenvalue weighted by Crippen LogP contribution is 2.19. The molecule has 0 radical (unpaired) electrons. The Bertz CT molecular complexity index is 545. The van der Waals surface area contributed by atoms with Gasteiger partial charge in [-0.15, -0.1) is 0 Å². The molecule has 0 saturated carbocycles. The van der Waals surface area contributed by atoms with E-state index in [1.165, 1.54) is 0 Å². The highest BCUT2D eigenvalue weighted by molar-refractivity contribution is 5.94. The highest BCUT2D eigenvalue weighted by Gasteiger charge is 2.16. The average molecular weight is 334 g/mol. The minimum absolute atomic E-state index is 0.0192. The summed E-state index contributed by atoms with van der Waals surface area (Å²) in [4.78, 5) is 23.7. The Labute approximate surface area is 145 Å². The Balaban J connectivity index is 2.47. The van der Waals surface area contributed by atoms with Crippen LogP contribution >= 0.6 is 0 Å². The van der Waals surface area contributed by atoms with Crippen LogP contribution < -0.4 is 11.1 Å². The number of rotatable bonds is 7. The summed E-state index contributed by atoms with van der Waals surface area (Å²) in [5, 5.41) is 2.73. The van der Waals surface area contributed by atoms with Gasteiger partial charge in [0, 0.05) is 18.2 Å². The number of hydrogen-bond donors (Lipinski definition) is 2. The van der Waals surface area contributed by atoms with Crippen LogP contribution in [0.4, 0.5) is 0 Å². The summed E-state index contributed by atoms with van der Waals surface area (Å²) in [5.41, 5.74) is 7.20. The number of benzene rings is 1. The van der Waals surface area contributed by atoms with Crippen molar-refractivity contribution in [3.63, 3.8) is 0 Å². The van der Waals surface area contributed by atoms with E-state index in [9.17, 15) is 9.59 Å². The number of ether oxygens (including phenoxy) is 1. The smallest absolute Gasteiger partial charge is 0.308 e. The monoisotopic (exact) mass is 334 g/mol. The molecule has 134 valence electrons. The fourth-order valence-electron chi connectivity index (χ4n) is 2.30. The Kier molecular flexibility index (Phi) is 7.42. The quantitative estimate of drug-likeness (QED) is 0.750. The molecule has 1 amide bonds. The van der Waals surface area contributed by atoms with Crippen LogP contribution in [0.5, 0.6) is 0 Å². The Morgan fingerprint density at radius 2 is 1.75 bits per heavy atom. The zero-order valence-electron chi connectivity index (χ0n) is 15.4. The highest BCUT2D eigenvalue weighted by atomic mass is 16.6. The third kappa shape index (κ3) is 7.59. The number of amides is 1. The minimum atomic E-state index is -0.508. The van der Waals surface area contributed by atoms with E-state index in [0.29, 0.717) is 11.5 Å². The van der Waals surface area contributed by atoms with E-state index in [1.807, 2.05) is 32.9 Å². The van der Waals surface area contributed by atoms with Gasteiger partial charge < -0.3 is 15.8 Å². The first-order valence-corrected chi connectivity index (χ1v) is 8.44. The van der Waals surface area contributed by atoms with Gasteiger partial charge >= 0.3 is 5.97 Å². The van der Waals surface area contributed by atoms with E-state index < -0.39 is 5.60 Å². The predicted molar refractivity (Wildman–Crippen MR) is 95.6 cm³/mol. The Hall–Kier alpha value is -1.88. The van der Waals surface area contributed by atoms with E-state index in [2.05, 4.69) is 19.2 Å². The zero-order chi connectivity index (χ0) is 18.3. The van der Waals surface area contributed by atoms with Crippen molar-refractivity contribution < 1.29 is 14.3 Å². The summed E-state index contributed by atoms with van der Waals surface area (Å²) in [6, 6.07) is 7.27. The average Bonchev–Trinajstić information content (AvgIpc) is 2.44. The summed E-state index contributed by atoms with van der Waals surface area (Å²) in [5.74, 6) is -0.00354. The molecule has 5 nitrogen and oxygen atoms in total. The largest absolute Gasteiger partial charge is 0.460 e. The molecule has 0 aliphatic heterocycles. The topological polar surface area (TPSA) is 81.4 Å². The van der Waals surface area contributed by atoms with Gasteiger partial charge in [0.15, 0.2) is 0 Å². The maximum atomic E-state index is 12.1. The Morgan fingerprint density at radius 3 is 2.25 bits per heavy atom. The molecule has 1 aromatic rings. The molecule has 0 spiro atoms. The lowest BCUT2D eigenvalue weighted by Gasteiger charge is -2.19. The predicted octanol–water partition coefficient (Wildman–Crippen LogP) is 3.19. The maximum absolute atomic E-state index is 12.1. The van der Waals surface area contributed by atoms with Crippen LogP contribution in [0.1, 0.15) is 69.4 Å². The lowest BCUT2D eigenvalue weighted by molar-refractivity contribution is -0.154. The lowest BCUT2D eigenvalue weighted by atomic mass is 9.97. The van der Waals surface area contributed by atoms with Crippen molar-refractivity contribution in [1.29, 1.82) is 0 Å². The standard InChI is InChI=1S/C19H30N2O3/c1-13(2)12-16(20)14-6-8-15(9-7-14)18(23)21-11-10-17(22)24-19(3,4)5/h6-9,13,16H,10-12,20H2,1-5H3,(H,21,23)/t16-/m1/s1. The normalized spacial score (nSPS) is 12.8. The van der Waals surface area contributed by atoms with Gasteiger partial charge in [0.1, 0.15) is 5.60 Å². The van der Waals surface area contributed by atoms with Gasteiger partial charge in [-0.3, -0.25) is 9.59 Å². The third-order valence-electron chi connectivity index (χ3n) is 3.36. The van der Waals surface area contributed by atoms with Gasteiger partial charge in [0.25, 0.3) is 5.91 Å². The van der Waals surface area contributed by atoms with Crippen molar-refractivity contribution in [2.24, 2.45) is 11.7 Å². The molecule has 0 heterocycles. The van der Waals surface area contributed by atoms with Crippen molar-refractivity contribution in [2.75, 3.05) is 6.54 Å². The lowest BCUT2D eigenvalue weighted by Crippen LogP contribution is -2.29. The number of hydrogen-bond acceptors (Lipinski definition) is 4. The second-order valence-corrected chi connectivity index (χ2v) is 7.45. The van der Waals surface area contributed by atoms with Gasteiger partial charge in [-0.05, 0) is 50.8 Å². The van der Waals surface area contributed by atoms with E-state index in [0.717, 1.165) is 12.0 Å². The van der Waals surface area contributed by atoms with Crippen molar-refractivity contribution in [3.05, 3.63) is 35.4 Å². The Morgan fingerprint density at radius 1 is 1.17 bits per heavy atom. The molecule has 0 aliphatic rings. The maximum Gasteiger partial charge on any atom is 0.308 e. The molecule has 5 heteroatoms. The van der Waals surface area contributed by atoms with E-state index >= 15 is 0 Å². The van der Waals surface area contributed by atoms with Crippen molar-refractivity contribution in [3.8, 4) is 0 Å². The third-order valence-corrected chi connectivity index (χ3v) is 3.36. The molecule has 24 heavy (non-hydrogen) atoms. The SMILES string of the molecule is CC(C)C[C@@H](N)c1ccc(C(=O)NCCC(=O)OC(C)(C)C)cc1. The molecule has 0 fully saturated rings. The number of esters is 1. The first-order valence-electron chi connectivity index (χ1n) is 8.44. The zero-order valence-corrected chi connectivity index (χ0v) is 15.4. The van der Waals surface area contributed by atoms with E-state index in [1.54, 1.807) is 12.1 Å². The molecule has 0 bridgehead atoms. The summed E-state index contributed by atoms with van der Waals surface area (Å²) >= 11 is 0. The second-order valence-electron chi connectivity index (χ2n) is 7.45. The summed E-state index contributed by atoms with van der Waals surface area (Å²) < 4.78 is 5.19. The van der Waals surface area contributed by atoms with E-state index in [-0.39, 0.29) is 30.9 Å². The molecule has 0 aromatic heterocycles. The fraction of sp³-hybridized carbons (Fsp3) is 0.579. The fourth-order valence-corrected chi connectivity index (χ4v) is 2.30. The second kappa shape index (κ2) is 8.83. The van der Waals surface area contributed by atoms with Gasteiger partial charge in [-0.2, -0.15) is 0 Å². The van der Waals surface area contributed by atoms with Crippen molar-refractivity contribution in [1.82, 2.24) is 5.32 Å². The van der Waals surface area contributed by atoms with Crippen LogP contribution in [0.15, 0.2) is 24.3 Å². The molecule has 1 atom stereocenters. The molecule has 3 N–H and O–H groups in total. The molecule has 0 unspecified atom stereocenters. The molecule has 0 saturated heterocycles. The summed E-state index contributed by atoms with van der Waals surface area (Å²) in [7, 11) is 0. The molecule has 1 rings (SSSR count). The van der Waals surface area contributed by atoms with Crippen LogP contribution in [0.25, 0.3) is 0 Å². The minimum Gasteiger partial charge on any atom is -0.460 e. The number of carbonyl (C=O) groups excluding carboxylic acids is 2. The number of carbonyl (C=O) groups is 2. The van der Waals surface area contributed by atoms with Crippen LogP contribution in [-0.4, -0.2) is 24.0 Å². The summed E-state index contributed by atoms with van der Waals surface area (Å²) in [6.07, 6.45) is 1.06. The summed E-state index contributed by atoms with van der Waals surface area (Å²) in [6.45, 7) is 9.96. The van der Waals surface area contributed by atoms with Crippen LogP contribution in [0, 0.1) is 5.92 Å². The molecular weight excluding hydrogens is 304 g/mol. The van der Waals surface area contributed by atoms with Gasteiger partial charge in [-0.1, -0.05) is 26.0 Å². The van der Waals surface area contributed by atoms with Crippen molar-refractivity contribution in [2.45, 2.75) is 59.1 Å². The molecular formula is C19H30N2O3. The van der Waals surface area contributed by atoms with Crippen LogP contribution in [0.3, 0.4) is 0 Å². The van der Waals surface area contributed by atoms with Gasteiger partial charge in [0.05, 0.1) is 6.42 Å². The molecule has 1 aromatic carbocycles. The van der Waals surface area contributed by atoms with Gasteiger partial charge in [0.2, 0.25) is 0 Å². The van der Waals surface area contributed by atoms with Crippen LogP contribution in [-0.2, 0) is 9.53 Å². The number of nitrogens with two attached hydrogens (primary N) is 1. The first-order chi connectivity index (χ1) is 11.1.